The van der Waals surface area contributed by atoms with Crippen LogP contribution in [0, 0.1) is 13.8 Å². The first-order valence-electron chi connectivity index (χ1n) is 8.33. The molecule has 0 spiro atoms. The van der Waals surface area contributed by atoms with E-state index < -0.39 is 0 Å². The summed E-state index contributed by atoms with van der Waals surface area (Å²) in [6, 6.07) is 9.99. The fraction of sp³-hybridized carbons (Fsp3) is 0.368. The largest absolute Gasteiger partial charge is 0.492 e. The van der Waals surface area contributed by atoms with E-state index in [2.05, 4.69) is 40.5 Å². The Morgan fingerprint density at radius 1 is 1.12 bits per heavy atom. The van der Waals surface area contributed by atoms with E-state index in [1.54, 1.807) is 19.3 Å². The lowest BCUT2D eigenvalue weighted by molar-refractivity contribution is 0.321. The smallest absolute Gasteiger partial charge is 0.191 e. The number of guanidine groups is 1. The van der Waals surface area contributed by atoms with Crippen LogP contribution in [-0.2, 0) is 6.42 Å². The van der Waals surface area contributed by atoms with Gasteiger partial charge in [0.25, 0.3) is 0 Å². The molecule has 0 aliphatic carbocycles. The molecular weight excluding hydrogens is 336 g/mol. The number of halogens is 1. The zero-order valence-corrected chi connectivity index (χ0v) is 15.7. The van der Waals surface area contributed by atoms with Gasteiger partial charge in [-0.15, -0.1) is 0 Å². The summed E-state index contributed by atoms with van der Waals surface area (Å²) in [5.41, 5.74) is 3.54. The van der Waals surface area contributed by atoms with Gasteiger partial charge in [0.15, 0.2) is 5.96 Å². The summed E-state index contributed by atoms with van der Waals surface area (Å²) in [5.74, 6) is 1.66. The minimum absolute atomic E-state index is 0.512. The predicted octanol–water partition coefficient (Wildman–Crippen LogP) is 3.14. The van der Waals surface area contributed by atoms with E-state index in [1.165, 1.54) is 11.1 Å². The molecular formula is C19H25ClN4O. The van der Waals surface area contributed by atoms with Gasteiger partial charge in [-0.2, -0.15) is 0 Å². The highest BCUT2D eigenvalue weighted by Gasteiger charge is 2.00. The minimum atomic E-state index is 0.512. The lowest BCUT2D eigenvalue weighted by atomic mass is 10.1. The van der Waals surface area contributed by atoms with Crippen molar-refractivity contribution < 1.29 is 4.74 Å². The maximum Gasteiger partial charge on any atom is 0.191 e. The van der Waals surface area contributed by atoms with E-state index >= 15 is 0 Å². The van der Waals surface area contributed by atoms with Crippen LogP contribution in [0.5, 0.6) is 5.75 Å². The number of benzene rings is 1. The summed E-state index contributed by atoms with van der Waals surface area (Å²) in [5, 5.41) is 7.03. The monoisotopic (exact) mass is 360 g/mol. The third-order valence-corrected chi connectivity index (χ3v) is 3.80. The summed E-state index contributed by atoms with van der Waals surface area (Å²) in [6.45, 7) is 6.15. The molecule has 1 aromatic heterocycles. The number of nitrogens with one attached hydrogen (secondary N) is 2. The van der Waals surface area contributed by atoms with Gasteiger partial charge in [0, 0.05) is 19.8 Å². The first-order valence-corrected chi connectivity index (χ1v) is 8.70. The Bertz CT molecular complexity index is 681. The molecule has 1 aromatic carbocycles. The molecule has 0 radical (unpaired) electrons. The molecule has 6 heteroatoms. The van der Waals surface area contributed by atoms with Crippen molar-refractivity contribution in [3.05, 3.63) is 58.4 Å². The molecule has 0 saturated heterocycles. The summed E-state index contributed by atoms with van der Waals surface area (Å²) < 4.78 is 5.78. The Labute approximate surface area is 154 Å². The van der Waals surface area contributed by atoms with E-state index in [9.17, 15) is 0 Å². The quantitative estimate of drug-likeness (QED) is 0.345. The van der Waals surface area contributed by atoms with Gasteiger partial charge < -0.3 is 15.4 Å². The normalized spacial score (nSPS) is 11.3. The van der Waals surface area contributed by atoms with E-state index in [1.807, 2.05) is 18.2 Å². The van der Waals surface area contributed by atoms with Crippen molar-refractivity contribution in [2.75, 3.05) is 26.7 Å². The molecule has 0 unspecified atom stereocenters. The van der Waals surface area contributed by atoms with Crippen LogP contribution >= 0.6 is 11.6 Å². The van der Waals surface area contributed by atoms with Gasteiger partial charge in [-0.25, -0.2) is 4.98 Å². The van der Waals surface area contributed by atoms with Gasteiger partial charge >= 0.3 is 0 Å². The van der Waals surface area contributed by atoms with E-state index in [-0.39, 0.29) is 0 Å². The molecule has 0 aliphatic heterocycles. The average Bonchev–Trinajstić information content (AvgIpc) is 2.58. The van der Waals surface area contributed by atoms with Crippen molar-refractivity contribution in [3.8, 4) is 5.75 Å². The fourth-order valence-electron chi connectivity index (χ4n) is 2.45. The van der Waals surface area contributed by atoms with Crippen molar-refractivity contribution in [2.45, 2.75) is 20.3 Å². The van der Waals surface area contributed by atoms with Crippen molar-refractivity contribution in [3.63, 3.8) is 0 Å². The lowest BCUT2D eigenvalue weighted by Crippen LogP contribution is -2.40. The number of aliphatic imine (C=N–C) groups is 1. The fourth-order valence-corrected chi connectivity index (χ4v) is 2.57. The Kier molecular flexibility index (Phi) is 7.54. The third kappa shape index (κ3) is 7.01. The second-order valence-corrected chi connectivity index (χ2v) is 6.22. The summed E-state index contributed by atoms with van der Waals surface area (Å²) in [7, 11) is 1.75. The van der Waals surface area contributed by atoms with Crippen LogP contribution < -0.4 is 15.4 Å². The number of pyridine rings is 1. The highest BCUT2D eigenvalue weighted by molar-refractivity contribution is 6.29. The minimum Gasteiger partial charge on any atom is -0.492 e. The second kappa shape index (κ2) is 9.89. The molecule has 0 atom stereocenters. The van der Waals surface area contributed by atoms with Crippen LogP contribution in [0.4, 0.5) is 0 Å². The number of nitrogens with zero attached hydrogens (tertiary/aromatic N) is 2. The predicted molar refractivity (Wildman–Crippen MR) is 104 cm³/mol. The van der Waals surface area contributed by atoms with Gasteiger partial charge in [-0.3, -0.25) is 4.99 Å². The zero-order chi connectivity index (χ0) is 18.1. The standard InChI is InChI=1S/C19H25ClN4O/c1-14-10-15(2)12-17(11-14)25-9-8-23-19(21-3)22-7-6-16-4-5-18(20)24-13-16/h4-5,10-13H,6-9H2,1-3H3,(H2,21,22,23). The Morgan fingerprint density at radius 3 is 2.48 bits per heavy atom. The molecule has 5 nitrogen and oxygen atoms in total. The number of ether oxygens (including phenoxy) is 1. The van der Waals surface area contributed by atoms with E-state index in [0.717, 1.165) is 30.2 Å². The molecule has 0 saturated carbocycles. The maximum atomic E-state index is 5.78. The zero-order valence-electron chi connectivity index (χ0n) is 15.0. The number of hydrogen-bond acceptors (Lipinski definition) is 3. The summed E-state index contributed by atoms with van der Waals surface area (Å²) in [6.07, 6.45) is 2.64. The molecule has 2 rings (SSSR count). The topological polar surface area (TPSA) is 58.5 Å². The molecule has 2 N–H and O–H groups in total. The SMILES string of the molecule is CN=C(NCCOc1cc(C)cc(C)c1)NCCc1ccc(Cl)nc1. The van der Waals surface area contributed by atoms with Crippen LogP contribution in [0.1, 0.15) is 16.7 Å². The number of aromatic nitrogens is 1. The van der Waals surface area contributed by atoms with Crippen molar-refractivity contribution in [2.24, 2.45) is 4.99 Å². The van der Waals surface area contributed by atoms with E-state index in [4.69, 9.17) is 16.3 Å². The molecule has 25 heavy (non-hydrogen) atoms. The van der Waals surface area contributed by atoms with Crippen LogP contribution in [0.3, 0.4) is 0 Å². The van der Waals surface area contributed by atoms with Crippen molar-refractivity contribution in [1.82, 2.24) is 15.6 Å². The van der Waals surface area contributed by atoms with Gasteiger partial charge in [-0.1, -0.05) is 23.7 Å². The molecule has 134 valence electrons. The van der Waals surface area contributed by atoms with Crippen LogP contribution in [-0.4, -0.2) is 37.7 Å². The van der Waals surface area contributed by atoms with Crippen LogP contribution in [0.15, 0.2) is 41.5 Å². The van der Waals surface area contributed by atoms with Gasteiger partial charge in [0.05, 0.1) is 6.54 Å². The lowest BCUT2D eigenvalue weighted by Gasteiger charge is -2.13. The maximum absolute atomic E-state index is 5.78. The molecule has 0 aliphatic rings. The van der Waals surface area contributed by atoms with Gasteiger partial charge in [-0.05, 0) is 55.2 Å². The molecule has 0 fully saturated rings. The molecule has 1 heterocycles. The highest BCUT2D eigenvalue weighted by atomic mass is 35.5. The van der Waals surface area contributed by atoms with Crippen LogP contribution in [0.25, 0.3) is 0 Å². The third-order valence-electron chi connectivity index (χ3n) is 3.58. The Hall–Kier alpha value is -2.27. The second-order valence-electron chi connectivity index (χ2n) is 5.84. The van der Waals surface area contributed by atoms with Crippen LogP contribution in [0.2, 0.25) is 5.15 Å². The van der Waals surface area contributed by atoms with Gasteiger partial charge in [0.2, 0.25) is 0 Å². The molecule has 2 aromatic rings. The summed E-state index contributed by atoms with van der Waals surface area (Å²) >= 11 is 5.78. The first-order chi connectivity index (χ1) is 12.1. The van der Waals surface area contributed by atoms with Gasteiger partial charge in [0.1, 0.15) is 17.5 Å². The number of rotatable bonds is 7. The number of aryl methyl sites for hydroxylation is 2. The average molecular weight is 361 g/mol. The Balaban J connectivity index is 1.67. The number of hydrogen-bond donors (Lipinski definition) is 2. The Morgan fingerprint density at radius 2 is 1.84 bits per heavy atom. The summed E-state index contributed by atoms with van der Waals surface area (Å²) in [4.78, 5) is 8.28. The van der Waals surface area contributed by atoms with E-state index in [0.29, 0.717) is 18.3 Å². The first kappa shape index (κ1) is 19.1. The van der Waals surface area contributed by atoms with Crippen molar-refractivity contribution >= 4 is 17.6 Å². The molecule has 0 bridgehead atoms. The molecule has 0 amide bonds. The van der Waals surface area contributed by atoms with Crippen molar-refractivity contribution in [1.29, 1.82) is 0 Å². The highest BCUT2D eigenvalue weighted by Crippen LogP contribution is 2.15.